The lowest BCUT2D eigenvalue weighted by Crippen LogP contribution is -2.43. The Hall–Kier alpha value is -2.28. The van der Waals surface area contributed by atoms with Crippen molar-refractivity contribution < 1.29 is 9.53 Å². The highest BCUT2D eigenvalue weighted by molar-refractivity contribution is 5.94. The number of H-pyrrole nitrogens is 1. The number of morpholine rings is 1. The van der Waals surface area contributed by atoms with E-state index in [1.165, 1.54) is 0 Å². The molecule has 1 aliphatic carbocycles. The summed E-state index contributed by atoms with van der Waals surface area (Å²) in [5.41, 5.74) is 3.70. The third-order valence-electron chi connectivity index (χ3n) is 4.71. The fourth-order valence-electron chi connectivity index (χ4n) is 3.42. The molecule has 7 heteroatoms. The fourth-order valence-corrected chi connectivity index (χ4v) is 3.42. The van der Waals surface area contributed by atoms with Crippen LogP contribution in [0.2, 0.25) is 0 Å². The van der Waals surface area contributed by atoms with Crippen LogP contribution in [0.3, 0.4) is 0 Å². The van der Waals surface area contributed by atoms with E-state index < -0.39 is 0 Å². The molecule has 2 aliphatic rings. The summed E-state index contributed by atoms with van der Waals surface area (Å²) < 4.78 is 5.78. The molecule has 126 valence electrons. The first-order chi connectivity index (χ1) is 11.7. The maximum Gasteiger partial charge on any atom is 0.274 e. The summed E-state index contributed by atoms with van der Waals surface area (Å²) in [5.74, 6) is 0.618. The van der Waals surface area contributed by atoms with Gasteiger partial charge in [0.15, 0.2) is 11.5 Å². The van der Waals surface area contributed by atoms with Crippen molar-refractivity contribution in [3.8, 4) is 0 Å². The minimum Gasteiger partial charge on any atom is -0.367 e. The predicted octanol–water partition coefficient (Wildman–Crippen LogP) is 1.60. The first kappa shape index (κ1) is 15.3. The van der Waals surface area contributed by atoms with E-state index in [2.05, 4.69) is 20.2 Å². The van der Waals surface area contributed by atoms with E-state index in [0.29, 0.717) is 31.2 Å². The summed E-state index contributed by atoms with van der Waals surface area (Å²) in [6.07, 6.45) is 5.65. The smallest absolute Gasteiger partial charge is 0.274 e. The van der Waals surface area contributed by atoms with Crippen LogP contribution >= 0.6 is 0 Å². The molecule has 2 aromatic heterocycles. The van der Waals surface area contributed by atoms with Gasteiger partial charge in [0.25, 0.3) is 5.91 Å². The van der Waals surface area contributed by atoms with E-state index in [-0.39, 0.29) is 12.0 Å². The first-order valence-corrected chi connectivity index (χ1v) is 8.49. The molecular formula is C17H21N5O2. The highest BCUT2D eigenvalue weighted by Gasteiger charge is 2.31. The van der Waals surface area contributed by atoms with E-state index in [1.807, 2.05) is 17.9 Å². The Balaban J connectivity index is 1.54. The Bertz CT molecular complexity index is 757. The van der Waals surface area contributed by atoms with Crippen LogP contribution in [0.1, 0.15) is 52.2 Å². The van der Waals surface area contributed by atoms with Gasteiger partial charge in [-0.25, -0.2) is 9.97 Å². The van der Waals surface area contributed by atoms with Crippen molar-refractivity contribution in [1.82, 2.24) is 25.1 Å². The molecule has 1 fully saturated rings. The zero-order chi connectivity index (χ0) is 16.5. The molecule has 0 aromatic carbocycles. The van der Waals surface area contributed by atoms with Crippen LogP contribution in [0.25, 0.3) is 0 Å². The van der Waals surface area contributed by atoms with Gasteiger partial charge in [0, 0.05) is 29.7 Å². The lowest BCUT2D eigenvalue weighted by atomic mass is 9.95. The Labute approximate surface area is 140 Å². The zero-order valence-corrected chi connectivity index (χ0v) is 13.8. The van der Waals surface area contributed by atoms with E-state index in [1.54, 1.807) is 6.20 Å². The molecule has 0 saturated carbocycles. The van der Waals surface area contributed by atoms with Gasteiger partial charge in [-0.2, -0.15) is 5.10 Å². The largest absolute Gasteiger partial charge is 0.367 e. The molecule has 1 saturated heterocycles. The second-order valence-corrected chi connectivity index (χ2v) is 6.40. The third-order valence-corrected chi connectivity index (χ3v) is 4.71. The monoisotopic (exact) mass is 327 g/mol. The summed E-state index contributed by atoms with van der Waals surface area (Å²) in [6.45, 7) is 3.44. The summed E-state index contributed by atoms with van der Waals surface area (Å²) in [5, 5.41) is 7.34. The maximum absolute atomic E-state index is 12.9. The van der Waals surface area contributed by atoms with Gasteiger partial charge in [-0.15, -0.1) is 0 Å². The molecule has 1 atom stereocenters. The minimum atomic E-state index is -0.280. The fraction of sp³-hybridized carbons (Fsp3) is 0.529. The SMILES string of the molecule is Cc1ccnc([C@@H]2CN(C(=O)c3n[nH]c4c3CCCC4)CCO2)n1. The van der Waals surface area contributed by atoms with Crippen LogP contribution in [0, 0.1) is 6.92 Å². The number of aryl methyl sites for hydroxylation is 2. The highest BCUT2D eigenvalue weighted by Crippen LogP contribution is 2.25. The Morgan fingerprint density at radius 2 is 2.25 bits per heavy atom. The summed E-state index contributed by atoms with van der Waals surface area (Å²) >= 11 is 0. The predicted molar refractivity (Wildman–Crippen MR) is 86.6 cm³/mol. The van der Waals surface area contributed by atoms with Crippen LogP contribution in [0.15, 0.2) is 12.3 Å². The lowest BCUT2D eigenvalue weighted by Gasteiger charge is -2.32. The number of ether oxygens (including phenoxy) is 1. The van der Waals surface area contributed by atoms with Crippen molar-refractivity contribution in [2.24, 2.45) is 0 Å². The van der Waals surface area contributed by atoms with Gasteiger partial charge in [0.2, 0.25) is 0 Å². The molecule has 0 bridgehead atoms. The van der Waals surface area contributed by atoms with Crippen LogP contribution in [0.5, 0.6) is 0 Å². The molecule has 2 aromatic rings. The van der Waals surface area contributed by atoms with Crippen LogP contribution in [-0.2, 0) is 17.6 Å². The zero-order valence-electron chi connectivity index (χ0n) is 13.8. The number of rotatable bonds is 2. The molecule has 3 heterocycles. The van der Waals surface area contributed by atoms with Crippen LogP contribution in [-0.4, -0.2) is 50.7 Å². The molecule has 0 unspecified atom stereocenters. The van der Waals surface area contributed by atoms with Gasteiger partial charge in [-0.3, -0.25) is 9.89 Å². The average Bonchev–Trinajstić information content (AvgIpc) is 3.05. The standard InChI is InChI=1S/C17H21N5O2/c1-11-6-7-18-16(19-11)14-10-22(8-9-24-14)17(23)15-12-4-2-3-5-13(12)20-21-15/h6-7,14H,2-5,8-10H2,1H3,(H,20,21)/t14-/m0/s1. The molecule has 1 amide bonds. The maximum atomic E-state index is 12.9. The highest BCUT2D eigenvalue weighted by atomic mass is 16.5. The summed E-state index contributed by atoms with van der Waals surface area (Å²) in [7, 11) is 0. The Morgan fingerprint density at radius 3 is 3.12 bits per heavy atom. The van der Waals surface area contributed by atoms with Crippen molar-refractivity contribution in [1.29, 1.82) is 0 Å². The molecule has 0 radical (unpaired) electrons. The van der Waals surface area contributed by atoms with Gasteiger partial charge in [-0.1, -0.05) is 0 Å². The molecule has 1 N–H and O–H groups in total. The van der Waals surface area contributed by atoms with Crippen LogP contribution < -0.4 is 0 Å². The van der Waals surface area contributed by atoms with Gasteiger partial charge < -0.3 is 9.64 Å². The number of nitrogens with one attached hydrogen (secondary N) is 1. The van der Waals surface area contributed by atoms with Crippen molar-refractivity contribution in [3.05, 3.63) is 40.7 Å². The average molecular weight is 327 g/mol. The lowest BCUT2D eigenvalue weighted by molar-refractivity contribution is -0.0271. The number of amides is 1. The number of hydrogen-bond donors (Lipinski definition) is 1. The van der Waals surface area contributed by atoms with E-state index >= 15 is 0 Å². The topological polar surface area (TPSA) is 84.0 Å². The molecule has 4 rings (SSSR count). The Morgan fingerprint density at radius 1 is 1.38 bits per heavy atom. The normalized spacial score (nSPS) is 20.7. The van der Waals surface area contributed by atoms with Gasteiger partial charge in [-0.05, 0) is 38.7 Å². The van der Waals surface area contributed by atoms with Crippen molar-refractivity contribution in [2.45, 2.75) is 38.7 Å². The van der Waals surface area contributed by atoms with Crippen LogP contribution in [0.4, 0.5) is 0 Å². The second-order valence-electron chi connectivity index (χ2n) is 6.40. The van der Waals surface area contributed by atoms with Gasteiger partial charge in [0.05, 0.1) is 13.2 Å². The minimum absolute atomic E-state index is 0.0182. The molecule has 0 spiro atoms. The molecule has 7 nitrogen and oxygen atoms in total. The molecule has 1 aliphatic heterocycles. The number of carbonyl (C=O) groups is 1. The number of fused-ring (bicyclic) bond motifs is 1. The van der Waals surface area contributed by atoms with Gasteiger partial charge >= 0.3 is 0 Å². The molecular weight excluding hydrogens is 306 g/mol. The quantitative estimate of drug-likeness (QED) is 0.906. The summed E-state index contributed by atoms with van der Waals surface area (Å²) in [4.78, 5) is 23.5. The van der Waals surface area contributed by atoms with Crippen molar-refractivity contribution in [2.75, 3.05) is 19.7 Å². The van der Waals surface area contributed by atoms with E-state index in [9.17, 15) is 4.79 Å². The van der Waals surface area contributed by atoms with E-state index in [0.717, 1.165) is 42.6 Å². The number of carbonyl (C=O) groups excluding carboxylic acids is 1. The summed E-state index contributed by atoms with van der Waals surface area (Å²) in [6, 6.07) is 1.85. The van der Waals surface area contributed by atoms with E-state index in [4.69, 9.17) is 4.74 Å². The number of hydrogen-bond acceptors (Lipinski definition) is 5. The van der Waals surface area contributed by atoms with Gasteiger partial charge in [0.1, 0.15) is 6.10 Å². The first-order valence-electron chi connectivity index (χ1n) is 8.49. The van der Waals surface area contributed by atoms with Crippen molar-refractivity contribution in [3.63, 3.8) is 0 Å². The third kappa shape index (κ3) is 2.80. The molecule has 24 heavy (non-hydrogen) atoms. The number of aromatic nitrogens is 4. The number of nitrogens with zero attached hydrogens (tertiary/aromatic N) is 4. The number of aromatic amines is 1. The Kier molecular flexibility index (Phi) is 4.02. The second kappa shape index (κ2) is 6.32. The van der Waals surface area contributed by atoms with Crippen molar-refractivity contribution >= 4 is 5.91 Å².